The van der Waals surface area contributed by atoms with Gasteiger partial charge in [0.05, 0.1) is 6.61 Å². The molecule has 0 bridgehead atoms. The molecular weight excluding hydrogens is 222 g/mol. The highest BCUT2D eigenvalue weighted by molar-refractivity contribution is 5.30. The predicted molar refractivity (Wildman–Crippen MR) is 76.2 cm³/mol. The summed E-state index contributed by atoms with van der Waals surface area (Å²) in [6.45, 7) is 9.71. The third-order valence-corrected chi connectivity index (χ3v) is 4.00. The zero-order valence-corrected chi connectivity index (χ0v) is 11.8. The third kappa shape index (κ3) is 3.05. The Morgan fingerprint density at radius 1 is 1.28 bits per heavy atom. The molecule has 100 valence electrons. The lowest BCUT2D eigenvalue weighted by Crippen LogP contribution is -2.38. The fourth-order valence-corrected chi connectivity index (χ4v) is 2.97. The van der Waals surface area contributed by atoms with E-state index in [1.807, 2.05) is 6.92 Å². The summed E-state index contributed by atoms with van der Waals surface area (Å²) >= 11 is 0. The Balaban J connectivity index is 2.12. The highest BCUT2D eigenvalue weighted by Crippen LogP contribution is 2.35. The molecule has 0 spiro atoms. The van der Waals surface area contributed by atoms with Crippen LogP contribution in [0.2, 0.25) is 0 Å². The van der Waals surface area contributed by atoms with Crippen LogP contribution in [0.25, 0.3) is 0 Å². The molecule has 0 aliphatic carbocycles. The van der Waals surface area contributed by atoms with Crippen LogP contribution in [0, 0.1) is 11.8 Å². The van der Waals surface area contributed by atoms with Gasteiger partial charge < -0.3 is 10.1 Å². The zero-order chi connectivity index (χ0) is 13.0. The molecule has 0 amide bonds. The summed E-state index contributed by atoms with van der Waals surface area (Å²) in [5, 5.41) is 3.52. The molecule has 1 saturated heterocycles. The van der Waals surface area contributed by atoms with Crippen LogP contribution >= 0.6 is 0 Å². The lowest BCUT2D eigenvalue weighted by molar-refractivity contribution is 0.255. The Morgan fingerprint density at radius 3 is 2.61 bits per heavy atom. The van der Waals surface area contributed by atoms with Crippen LogP contribution in [0.1, 0.15) is 38.7 Å². The second kappa shape index (κ2) is 6.24. The molecular formula is C16H25NO. The number of benzene rings is 1. The summed E-state index contributed by atoms with van der Waals surface area (Å²) < 4.78 is 5.51. The maximum Gasteiger partial charge on any atom is 0.119 e. The van der Waals surface area contributed by atoms with E-state index in [0.717, 1.165) is 37.3 Å². The van der Waals surface area contributed by atoms with Gasteiger partial charge in [0.2, 0.25) is 0 Å². The quantitative estimate of drug-likeness (QED) is 0.880. The minimum Gasteiger partial charge on any atom is -0.494 e. The predicted octanol–water partition coefficient (Wildman–Crippen LogP) is 3.43. The summed E-state index contributed by atoms with van der Waals surface area (Å²) in [6, 6.07) is 8.71. The van der Waals surface area contributed by atoms with Crippen molar-refractivity contribution in [3.63, 3.8) is 0 Å². The Morgan fingerprint density at radius 2 is 2.00 bits per heavy atom. The normalized spacial score (nSPS) is 24.2. The van der Waals surface area contributed by atoms with Gasteiger partial charge in [-0.3, -0.25) is 0 Å². The van der Waals surface area contributed by atoms with Crippen molar-refractivity contribution < 1.29 is 4.74 Å². The minimum atomic E-state index is 0.696. The molecule has 1 heterocycles. The van der Waals surface area contributed by atoms with E-state index >= 15 is 0 Å². The fourth-order valence-electron chi connectivity index (χ4n) is 2.97. The van der Waals surface area contributed by atoms with Gasteiger partial charge in [-0.15, -0.1) is 0 Å². The molecule has 1 N–H and O–H groups in total. The minimum absolute atomic E-state index is 0.696. The van der Waals surface area contributed by atoms with Gasteiger partial charge in [-0.25, -0.2) is 0 Å². The Kier molecular flexibility index (Phi) is 4.65. The topological polar surface area (TPSA) is 21.3 Å². The van der Waals surface area contributed by atoms with Crippen LogP contribution in [0.15, 0.2) is 24.3 Å². The van der Waals surface area contributed by atoms with Crippen molar-refractivity contribution in [3.8, 4) is 5.75 Å². The van der Waals surface area contributed by atoms with Crippen LogP contribution in [0.5, 0.6) is 5.75 Å². The van der Waals surface area contributed by atoms with Gasteiger partial charge in [-0.05, 0) is 61.9 Å². The molecule has 0 saturated carbocycles. The van der Waals surface area contributed by atoms with E-state index < -0.39 is 0 Å². The van der Waals surface area contributed by atoms with Crippen LogP contribution in [-0.4, -0.2) is 19.7 Å². The van der Waals surface area contributed by atoms with E-state index in [1.54, 1.807) is 0 Å². The van der Waals surface area contributed by atoms with Crippen molar-refractivity contribution in [3.05, 3.63) is 29.8 Å². The van der Waals surface area contributed by atoms with E-state index in [2.05, 4.69) is 43.4 Å². The van der Waals surface area contributed by atoms with Crippen molar-refractivity contribution in [2.45, 2.75) is 33.1 Å². The van der Waals surface area contributed by atoms with E-state index in [4.69, 9.17) is 4.74 Å². The molecule has 0 radical (unpaired) electrons. The fraction of sp³-hybridized carbons (Fsp3) is 0.625. The number of rotatable bonds is 4. The first-order valence-electron chi connectivity index (χ1n) is 7.15. The van der Waals surface area contributed by atoms with Gasteiger partial charge in [0.15, 0.2) is 0 Å². The standard InChI is InChI=1S/C16H25NO/c1-4-18-14-7-5-13(6-8-14)15-9-10-17-11-16(15)12(2)3/h5-8,12,15-17H,4,9-11H2,1-3H3. The average Bonchev–Trinajstić information content (AvgIpc) is 2.40. The maximum absolute atomic E-state index is 5.51. The second-order valence-electron chi connectivity index (χ2n) is 5.51. The molecule has 2 unspecified atom stereocenters. The lowest BCUT2D eigenvalue weighted by Gasteiger charge is -2.35. The first-order valence-corrected chi connectivity index (χ1v) is 7.15. The Hall–Kier alpha value is -1.02. The molecule has 2 rings (SSSR count). The van der Waals surface area contributed by atoms with E-state index in [0.29, 0.717) is 5.92 Å². The van der Waals surface area contributed by atoms with Crippen molar-refractivity contribution >= 4 is 0 Å². The third-order valence-electron chi connectivity index (χ3n) is 4.00. The number of ether oxygens (including phenoxy) is 1. The molecule has 1 aliphatic heterocycles. The Labute approximate surface area is 111 Å². The maximum atomic E-state index is 5.51. The van der Waals surface area contributed by atoms with E-state index in [-0.39, 0.29) is 0 Å². The Bertz CT molecular complexity index is 358. The number of hydrogen-bond acceptors (Lipinski definition) is 2. The molecule has 2 nitrogen and oxygen atoms in total. The summed E-state index contributed by atoms with van der Waals surface area (Å²) in [4.78, 5) is 0. The smallest absolute Gasteiger partial charge is 0.119 e. The highest BCUT2D eigenvalue weighted by atomic mass is 16.5. The van der Waals surface area contributed by atoms with Crippen molar-refractivity contribution in [2.75, 3.05) is 19.7 Å². The summed E-state index contributed by atoms with van der Waals surface area (Å²) in [7, 11) is 0. The average molecular weight is 247 g/mol. The van der Waals surface area contributed by atoms with Crippen LogP contribution in [0.4, 0.5) is 0 Å². The van der Waals surface area contributed by atoms with E-state index in [9.17, 15) is 0 Å². The number of piperidine rings is 1. The molecule has 2 atom stereocenters. The number of nitrogens with one attached hydrogen (secondary N) is 1. The van der Waals surface area contributed by atoms with Gasteiger partial charge in [-0.1, -0.05) is 26.0 Å². The SMILES string of the molecule is CCOc1ccc(C2CCNCC2C(C)C)cc1. The number of hydrogen-bond donors (Lipinski definition) is 1. The molecule has 1 aromatic rings. The van der Waals surface area contributed by atoms with E-state index in [1.165, 1.54) is 12.0 Å². The monoisotopic (exact) mass is 247 g/mol. The van der Waals surface area contributed by atoms with Crippen LogP contribution in [-0.2, 0) is 0 Å². The van der Waals surface area contributed by atoms with Crippen molar-refractivity contribution in [1.82, 2.24) is 5.32 Å². The van der Waals surface area contributed by atoms with Gasteiger partial charge in [0, 0.05) is 0 Å². The van der Waals surface area contributed by atoms with Gasteiger partial charge in [-0.2, -0.15) is 0 Å². The zero-order valence-electron chi connectivity index (χ0n) is 11.8. The highest BCUT2D eigenvalue weighted by Gasteiger charge is 2.28. The molecule has 0 aromatic heterocycles. The molecule has 1 aromatic carbocycles. The second-order valence-corrected chi connectivity index (χ2v) is 5.51. The van der Waals surface area contributed by atoms with Crippen molar-refractivity contribution in [1.29, 1.82) is 0 Å². The summed E-state index contributed by atoms with van der Waals surface area (Å²) in [5.41, 5.74) is 1.47. The van der Waals surface area contributed by atoms with Gasteiger partial charge >= 0.3 is 0 Å². The molecule has 1 aliphatic rings. The summed E-state index contributed by atoms with van der Waals surface area (Å²) in [5.74, 6) is 3.16. The first-order chi connectivity index (χ1) is 8.72. The first kappa shape index (κ1) is 13.4. The van der Waals surface area contributed by atoms with Crippen molar-refractivity contribution in [2.24, 2.45) is 11.8 Å². The lowest BCUT2D eigenvalue weighted by atomic mass is 9.75. The molecule has 18 heavy (non-hydrogen) atoms. The summed E-state index contributed by atoms with van der Waals surface area (Å²) in [6.07, 6.45) is 1.25. The largest absolute Gasteiger partial charge is 0.494 e. The molecule has 1 fully saturated rings. The molecule has 2 heteroatoms. The van der Waals surface area contributed by atoms with Gasteiger partial charge in [0.25, 0.3) is 0 Å². The van der Waals surface area contributed by atoms with Crippen LogP contribution in [0.3, 0.4) is 0 Å². The van der Waals surface area contributed by atoms with Gasteiger partial charge in [0.1, 0.15) is 5.75 Å². The van der Waals surface area contributed by atoms with Crippen LogP contribution < -0.4 is 10.1 Å².